The van der Waals surface area contributed by atoms with Crippen molar-refractivity contribution in [3.05, 3.63) is 58.1 Å². The maximum Gasteiger partial charge on any atom is 0.153 e. The van der Waals surface area contributed by atoms with E-state index in [0.29, 0.717) is 23.7 Å². The Morgan fingerprint density at radius 1 is 1.16 bits per heavy atom. The average molecular weight is 321 g/mol. The maximum absolute atomic E-state index is 10.9. The van der Waals surface area contributed by atoms with Gasteiger partial charge in [0, 0.05) is 6.07 Å². The van der Waals surface area contributed by atoms with E-state index in [1.165, 1.54) is 7.11 Å². The molecule has 4 heteroatoms. The number of benzene rings is 2. The Morgan fingerprint density at radius 3 is 2.53 bits per heavy atom. The molecule has 0 aliphatic heterocycles. The van der Waals surface area contributed by atoms with Crippen molar-refractivity contribution < 1.29 is 14.3 Å². The van der Waals surface area contributed by atoms with Gasteiger partial charge >= 0.3 is 0 Å². The molecule has 0 aromatic heterocycles. The number of carbonyl (C=O) groups excluding carboxylic acids is 1. The van der Waals surface area contributed by atoms with Gasteiger partial charge in [-0.05, 0) is 27.6 Å². The third-order valence-electron chi connectivity index (χ3n) is 2.65. The van der Waals surface area contributed by atoms with E-state index in [4.69, 9.17) is 9.47 Å². The van der Waals surface area contributed by atoms with Crippen molar-refractivity contribution in [2.45, 2.75) is 6.61 Å². The summed E-state index contributed by atoms with van der Waals surface area (Å²) in [4.78, 5) is 10.9. The normalized spacial score (nSPS) is 10.0. The summed E-state index contributed by atoms with van der Waals surface area (Å²) in [6, 6.07) is 13.3. The van der Waals surface area contributed by atoms with Crippen LogP contribution in [-0.4, -0.2) is 13.4 Å². The first-order chi connectivity index (χ1) is 9.24. The van der Waals surface area contributed by atoms with Gasteiger partial charge in [-0.15, -0.1) is 0 Å². The minimum absolute atomic E-state index is 0.461. The van der Waals surface area contributed by atoms with Crippen LogP contribution in [0, 0.1) is 0 Å². The van der Waals surface area contributed by atoms with Gasteiger partial charge < -0.3 is 9.47 Å². The Balaban J connectivity index is 2.18. The molecule has 19 heavy (non-hydrogen) atoms. The Bertz CT molecular complexity index is 567. The molecule has 0 atom stereocenters. The molecule has 0 saturated heterocycles. The first kappa shape index (κ1) is 13.6. The zero-order valence-electron chi connectivity index (χ0n) is 10.4. The molecule has 0 heterocycles. The van der Waals surface area contributed by atoms with E-state index in [9.17, 15) is 4.79 Å². The minimum atomic E-state index is 0.461. The second-order valence-electron chi connectivity index (χ2n) is 3.92. The molecule has 98 valence electrons. The van der Waals surface area contributed by atoms with E-state index >= 15 is 0 Å². The first-order valence-electron chi connectivity index (χ1n) is 5.74. The van der Waals surface area contributed by atoms with Gasteiger partial charge in [-0.2, -0.15) is 0 Å². The van der Waals surface area contributed by atoms with E-state index in [-0.39, 0.29) is 0 Å². The summed E-state index contributed by atoms with van der Waals surface area (Å²) >= 11 is 3.39. The molecule has 0 radical (unpaired) electrons. The number of hydrogen-bond acceptors (Lipinski definition) is 3. The number of carbonyl (C=O) groups is 1. The highest BCUT2D eigenvalue weighted by molar-refractivity contribution is 9.10. The van der Waals surface area contributed by atoms with E-state index < -0.39 is 0 Å². The molecule has 3 nitrogen and oxygen atoms in total. The minimum Gasteiger partial charge on any atom is -0.496 e. The van der Waals surface area contributed by atoms with Crippen molar-refractivity contribution in [1.82, 2.24) is 0 Å². The molecule has 2 aromatic carbocycles. The highest BCUT2D eigenvalue weighted by Gasteiger charge is 2.09. The van der Waals surface area contributed by atoms with Crippen LogP contribution in [0.15, 0.2) is 46.9 Å². The Morgan fingerprint density at radius 2 is 1.89 bits per heavy atom. The molecule has 0 spiro atoms. The van der Waals surface area contributed by atoms with Crippen molar-refractivity contribution in [3.8, 4) is 11.5 Å². The van der Waals surface area contributed by atoms with E-state index in [1.807, 2.05) is 30.3 Å². The molecule has 0 unspecified atom stereocenters. The van der Waals surface area contributed by atoms with Gasteiger partial charge in [0.15, 0.2) is 6.29 Å². The number of rotatable bonds is 5. The smallest absolute Gasteiger partial charge is 0.153 e. The van der Waals surface area contributed by atoms with Crippen LogP contribution >= 0.6 is 15.9 Å². The zero-order chi connectivity index (χ0) is 13.7. The standard InChI is InChI=1S/C15H13BrO3/c1-18-14-8-15(13(16)7-12(14)9-17)19-10-11-5-3-2-4-6-11/h2-9H,10H2,1H3. The lowest BCUT2D eigenvalue weighted by Gasteiger charge is -2.11. The largest absolute Gasteiger partial charge is 0.496 e. The van der Waals surface area contributed by atoms with Crippen LogP contribution in [0.1, 0.15) is 15.9 Å². The van der Waals surface area contributed by atoms with Crippen LogP contribution in [0.25, 0.3) is 0 Å². The quantitative estimate of drug-likeness (QED) is 0.785. The number of ether oxygens (including phenoxy) is 2. The fraction of sp³-hybridized carbons (Fsp3) is 0.133. The van der Waals surface area contributed by atoms with Crippen molar-refractivity contribution in [1.29, 1.82) is 0 Å². The van der Waals surface area contributed by atoms with Gasteiger partial charge in [0.05, 0.1) is 17.1 Å². The molecule has 0 N–H and O–H groups in total. The van der Waals surface area contributed by atoms with Gasteiger partial charge in [0.1, 0.15) is 18.1 Å². The predicted octanol–water partition coefficient (Wildman–Crippen LogP) is 3.85. The Kier molecular flexibility index (Phi) is 4.58. The molecule has 2 rings (SSSR count). The molecular weight excluding hydrogens is 308 g/mol. The number of aldehydes is 1. The number of halogens is 1. The molecule has 0 saturated carbocycles. The van der Waals surface area contributed by atoms with Crippen LogP contribution in [0.4, 0.5) is 0 Å². The van der Waals surface area contributed by atoms with Crippen LogP contribution in [0.2, 0.25) is 0 Å². The lowest BCUT2D eigenvalue weighted by Crippen LogP contribution is -1.98. The van der Waals surface area contributed by atoms with Crippen molar-refractivity contribution >= 4 is 22.2 Å². The van der Waals surface area contributed by atoms with E-state index in [0.717, 1.165) is 16.3 Å². The monoisotopic (exact) mass is 320 g/mol. The fourth-order valence-electron chi connectivity index (χ4n) is 1.66. The summed E-state index contributed by atoms with van der Waals surface area (Å²) in [6.45, 7) is 0.461. The van der Waals surface area contributed by atoms with Crippen LogP contribution < -0.4 is 9.47 Å². The second-order valence-corrected chi connectivity index (χ2v) is 4.77. The average Bonchev–Trinajstić information content (AvgIpc) is 2.46. The summed E-state index contributed by atoms with van der Waals surface area (Å²) in [7, 11) is 1.53. The fourth-order valence-corrected chi connectivity index (χ4v) is 2.14. The molecule has 0 aliphatic carbocycles. The van der Waals surface area contributed by atoms with Gasteiger partial charge in [-0.25, -0.2) is 0 Å². The van der Waals surface area contributed by atoms with Crippen molar-refractivity contribution in [2.24, 2.45) is 0 Å². The molecule has 0 aliphatic rings. The topological polar surface area (TPSA) is 35.5 Å². The third-order valence-corrected chi connectivity index (χ3v) is 3.27. The van der Waals surface area contributed by atoms with Gasteiger partial charge in [0.25, 0.3) is 0 Å². The Labute approximate surface area is 120 Å². The van der Waals surface area contributed by atoms with Crippen molar-refractivity contribution in [3.63, 3.8) is 0 Å². The number of hydrogen-bond donors (Lipinski definition) is 0. The van der Waals surface area contributed by atoms with E-state index in [1.54, 1.807) is 12.1 Å². The van der Waals surface area contributed by atoms with Gasteiger partial charge in [-0.3, -0.25) is 4.79 Å². The Hall–Kier alpha value is -1.81. The number of methoxy groups -OCH3 is 1. The lowest BCUT2D eigenvalue weighted by atomic mass is 10.2. The third kappa shape index (κ3) is 3.35. The van der Waals surface area contributed by atoms with Crippen molar-refractivity contribution in [2.75, 3.05) is 7.11 Å². The summed E-state index contributed by atoms with van der Waals surface area (Å²) in [6.07, 6.45) is 0.755. The molecule has 0 bridgehead atoms. The molecule has 0 amide bonds. The summed E-state index contributed by atoms with van der Waals surface area (Å²) < 4.78 is 11.6. The highest BCUT2D eigenvalue weighted by atomic mass is 79.9. The molecule has 2 aromatic rings. The van der Waals surface area contributed by atoms with Crippen LogP contribution in [0.3, 0.4) is 0 Å². The van der Waals surface area contributed by atoms with Crippen LogP contribution in [-0.2, 0) is 6.61 Å². The van der Waals surface area contributed by atoms with Crippen LogP contribution in [0.5, 0.6) is 11.5 Å². The summed E-state index contributed by atoms with van der Waals surface area (Å²) in [5.74, 6) is 1.15. The second kappa shape index (κ2) is 6.38. The van der Waals surface area contributed by atoms with E-state index in [2.05, 4.69) is 15.9 Å². The zero-order valence-corrected chi connectivity index (χ0v) is 12.0. The summed E-state index contributed by atoms with van der Waals surface area (Å²) in [5.41, 5.74) is 1.56. The van der Waals surface area contributed by atoms with Gasteiger partial charge in [0.2, 0.25) is 0 Å². The lowest BCUT2D eigenvalue weighted by molar-refractivity contribution is 0.112. The molecular formula is C15H13BrO3. The maximum atomic E-state index is 10.9. The van der Waals surface area contributed by atoms with Gasteiger partial charge in [-0.1, -0.05) is 30.3 Å². The molecule has 0 fully saturated rings. The first-order valence-corrected chi connectivity index (χ1v) is 6.53. The highest BCUT2D eigenvalue weighted by Crippen LogP contribution is 2.32. The SMILES string of the molecule is COc1cc(OCc2ccccc2)c(Br)cc1C=O. The summed E-state index contributed by atoms with van der Waals surface area (Å²) in [5, 5.41) is 0. The predicted molar refractivity (Wildman–Crippen MR) is 76.9 cm³/mol.